The first-order chi connectivity index (χ1) is 8.36. The number of nitrogens with one attached hydrogen (secondary N) is 1. The van der Waals surface area contributed by atoms with Crippen molar-refractivity contribution in [2.45, 2.75) is 37.8 Å². The van der Waals surface area contributed by atoms with Crippen LogP contribution in [-0.4, -0.2) is 19.4 Å². The minimum Gasteiger partial charge on any atom is -0.237 e. The molecule has 1 fully saturated rings. The van der Waals surface area contributed by atoms with E-state index in [0.29, 0.717) is 16.3 Å². The van der Waals surface area contributed by atoms with Gasteiger partial charge in [0.25, 0.3) is 10.0 Å². The average molecular weight is 286 g/mol. The van der Waals surface area contributed by atoms with Crippen LogP contribution < -0.4 is 4.72 Å². The number of hydrogen-bond donors (Lipinski definition) is 1. The maximum Gasteiger partial charge on any atom is 0.259 e. The van der Waals surface area contributed by atoms with E-state index in [2.05, 4.69) is 9.71 Å². The molecule has 0 amide bonds. The molecule has 5 nitrogen and oxygen atoms in total. The van der Waals surface area contributed by atoms with E-state index in [1.165, 1.54) is 0 Å². The van der Waals surface area contributed by atoms with Crippen LogP contribution in [-0.2, 0) is 10.0 Å². The second-order valence-corrected chi connectivity index (χ2v) is 6.33. The predicted octanol–water partition coefficient (Wildman–Crippen LogP) is 1.66. The summed E-state index contributed by atoms with van der Waals surface area (Å²) in [5, 5.41) is 9.19. The second-order valence-electron chi connectivity index (χ2n) is 4.32. The molecule has 0 atom stereocenters. The van der Waals surface area contributed by atoms with Gasteiger partial charge in [-0.2, -0.15) is 5.26 Å². The zero-order chi connectivity index (χ0) is 13.5. The molecule has 0 bridgehead atoms. The Hall–Kier alpha value is -1.16. The lowest BCUT2D eigenvalue weighted by atomic mass is 10.1. The van der Waals surface area contributed by atoms with Crippen molar-refractivity contribution in [3.63, 3.8) is 0 Å². The van der Waals surface area contributed by atoms with Crippen LogP contribution in [0.15, 0.2) is 5.03 Å². The minimum atomic E-state index is -3.74. The van der Waals surface area contributed by atoms with Crippen molar-refractivity contribution in [2.75, 3.05) is 0 Å². The Kier molecular flexibility index (Phi) is 3.32. The molecule has 1 aromatic rings. The van der Waals surface area contributed by atoms with Crippen LogP contribution in [0.3, 0.4) is 0 Å². The molecule has 0 saturated heterocycles. The lowest BCUT2D eigenvalue weighted by Gasteiger charge is -2.11. The smallest absolute Gasteiger partial charge is 0.237 e. The van der Waals surface area contributed by atoms with Gasteiger partial charge in [-0.15, -0.1) is 0 Å². The van der Waals surface area contributed by atoms with Crippen LogP contribution in [0.5, 0.6) is 0 Å². The van der Waals surface area contributed by atoms with Crippen LogP contribution in [0, 0.1) is 25.2 Å². The summed E-state index contributed by atoms with van der Waals surface area (Å²) < 4.78 is 26.7. The van der Waals surface area contributed by atoms with E-state index in [9.17, 15) is 8.42 Å². The van der Waals surface area contributed by atoms with E-state index >= 15 is 0 Å². The molecule has 0 radical (unpaired) electrons. The van der Waals surface area contributed by atoms with E-state index in [0.717, 1.165) is 12.8 Å². The summed E-state index contributed by atoms with van der Waals surface area (Å²) in [7, 11) is -3.74. The zero-order valence-electron chi connectivity index (χ0n) is 9.99. The molecule has 1 saturated carbocycles. The summed E-state index contributed by atoms with van der Waals surface area (Å²) in [6.45, 7) is 3.23. The summed E-state index contributed by atoms with van der Waals surface area (Å²) in [6, 6.07) is 1.84. The Morgan fingerprint density at radius 2 is 2.06 bits per heavy atom. The van der Waals surface area contributed by atoms with Crippen molar-refractivity contribution in [1.82, 2.24) is 9.71 Å². The molecule has 1 aliphatic carbocycles. The molecule has 1 aliphatic rings. The van der Waals surface area contributed by atoms with Gasteiger partial charge in [-0.3, -0.25) is 0 Å². The molecule has 0 spiro atoms. The minimum absolute atomic E-state index is 0.0127. The number of pyridine rings is 1. The zero-order valence-corrected chi connectivity index (χ0v) is 11.6. The first-order valence-electron chi connectivity index (χ1n) is 5.46. The van der Waals surface area contributed by atoms with E-state index in [4.69, 9.17) is 16.9 Å². The topological polar surface area (TPSA) is 82.8 Å². The molecular weight excluding hydrogens is 274 g/mol. The van der Waals surface area contributed by atoms with E-state index in [1.54, 1.807) is 13.8 Å². The molecule has 0 aromatic carbocycles. The van der Waals surface area contributed by atoms with Gasteiger partial charge in [0.2, 0.25) is 0 Å². The fraction of sp³-hybridized carbons (Fsp3) is 0.455. The lowest BCUT2D eigenvalue weighted by Crippen LogP contribution is -2.28. The number of rotatable bonds is 3. The molecule has 18 heavy (non-hydrogen) atoms. The van der Waals surface area contributed by atoms with Crippen LogP contribution >= 0.6 is 11.6 Å². The van der Waals surface area contributed by atoms with Gasteiger partial charge in [0, 0.05) is 6.04 Å². The highest BCUT2D eigenvalue weighted by Crippen LogP contribution is 2.28. The molecule has 1 heterocycles. The monoisotopic (exact) mass is 285 g/mol. The summed E-state index contributed by atoms with van der Waals surface area (Å²) in [4.78, 5) is 3.95. The van der Waals surface area contributed by atoms with Gasteiger partial charge in [0.1, 0.15) is 6.07 Å². The van der Waals surface area contributed by atoms with Gasteiger partial charge in [-0.05, 0) is 32.3 Å². The Labute approximate surface area is 111 Å². The van der Waals surface area contributed by atoms with Crippen molar-refractivity contribution in [3.05, 3.63) is 21.8 Å². The van der Waals surface area contributed by atoms with Gasteiger partial charge >= 0.3 is 0 Å². The third kappa shape index (κ3) is 2.34. The number of nitriles is 1. The van der Waals surface area contributed by atoms with Gasteiger partial charge in [0.15, 0.2) is 5.03 Å². The molecule has 0 unspecified atom stereocenters. The summed E-state index contributed by atoms with van der Waals surface area (Å²) >= 11 is 5.97. The molecule has 96 valence electrons. The normalized spacial score (nSPS) is 15.4. The second kappa shape index (κ2) is 4.50. The number of hydrogen-bond acceptors (Lipinski definition) is 4. The lowest BCUT2D eigenvalue weighted by molar-refractivity contribution is 0.576. The standard InChI is InChI=1S/C11H12ClN3O2S/c1-6-9(5-13)11(14-7(2)10(6)12)18(16,17)15-8-3-4-8/h8,15H,3-4H2,1-2H3. The third-order valence-corrected chi connectivity index (χ3v) is 4.78. The number of sulfonamides is 1. The maximum absolute atomic E-state index is 12.1. The van der Waals surface area contributed by atoms with E-state index in [-0.39, 0.29) is 16.6 Å². The van der Waals surface area contributed by atoms with Crippen LogP contribution in [0.25, 0.3) is 0 Å². The fourth-order valence-electron chi connectivity index (χ4n) is 1.60. The van der Waals surface area contributed by atoms with Gasteiger partial charge < -0.3 is 0 Å². The van der Waals surface area contributed by atoms with E-state index < -0.39 is 10.0 Å². The fourth-order valence-corrected chi connectivity index (χ4v) is 3.25. The molecule has 0 aliphatic heterocycles. The van der Waals surface area contributed by atoms with Crippen molar-refractivity contribution >= 4 is 21.6 Å². The van der Waals surface area contributed by atoms with Crippen molar-refractivity contribution in [2.24, 2.45) is 0 Å². The van der Waals surface area contributed by atoms with Crippen LogP contribution in [0.1, 0.15) is 29.7 Å². The number of aromatic nitrogens is 1. The Morgan fingerprint density at radius 3 is 2.56 bits per heavy atom. The number of nitrogens with zero attached hydrogens (tertiary/aromatic N) is 2. The number of halogens is 1. The molecule has 1 aromatic heterocycles. The van der Waals surface area contributed by atoms with Crippen LogP contribution in [0.2, 0.25) is 5.02 Å². The van der Waals surface area contributed by atoms with E-state index in [1.807, 2.05) is 6.07 Å². The Bertz CT molecular complexity index is 645. The van der Waals surface area contributed by atoms with Gasteiger partial charge in [0.05, 0.1) is 16.3 Å². The molecule has 7 heteroatoms. The van der Waals surface area contributed by atoms with Crippen molar-refractivity contribution in [1.29, 1.82) is 5.26 Å². The summed E-state index contributed by atoms with van der Waals surface area (Å²) in [5.41, 5.74) is 0.867. The van der Waals surface area contributed by atoms with Gasteiger partial charge in [-0.1, -0.05) is 11.6 Å². The highest BCUT2D eigenvalue weighted by atomic mass is 35.5. The molecule has 2 rings (SSSR count). The van der Waals surface area contributed by atoms with Crippen molar-refractivity contribution < 1.29 is 8.42 Å². The van der Waals surface area contributed by atoms with Crippen LogP contribution in [0.4, 0.5) is 0 Å². The highest BCUT2D eigenvalue weighted by molar-refractivity contribution is 7.89. The first-order valence-corrected chi connectivity index (χ1v) is 7.32. The Morgan fingerprint density at radius 1 is 1.44 bits per heavy atom. The number of aryl methyl sites for hydroxylation is 1. The first kappa shape index (κ1) is 13.3. The predicted molar refractivity (Wildman–Crippen MR) is 66.8 cm³/mol. The molecular formula is C11H12ClN3O2S. The third-order valence-electron chi connectivity index (χ3n) is 2.77. The van der Waals surface area contributed by atoms with Crippen molar-refractivity contribution in [3.8, 4) is 6.07 Å². The largest absolute Gasteiger partial charge is 0.259 e. The van der Waals surface area contributed by atoms with Gasteiger partial charge in [-0.25, -0.2) is 18.1 Å². The average Bonchev–Trinajstić information content (AvgIpc) is 3.08. The summed E-state index contributed by atoms with van der Waals surface area (Å²) in [6.07, 6.45) is 1.65. The highest BCUT2D eigenvalue weighted by Gasteiger charge is 2.31. The summed E-state index contributed by atoms with van der Waals surface area (Å²) in [5.74, 6) is 0. The SMILES string of the molecule is Cc1nc(S(=O)(=O)NC2CC2)c(C#N)c(C)c1Cl. The maximum atomic E-state index is 12.1. The molecule has 1 N–H and O–H groups in total. The quantitative estimate of drug-likeness (QED) is 0.915. The Balaban J connectivity index is 2.60.